The van der Waals surface area contributed by atoms with E-state index in [0.29, 0.717) is 12.2 Å². The van der Waals surface area contributed by atoms with Crippen molar-refractivity contribution in [3.05, 3.63) is 115 Å². The van der Waals surface area contributed by atoms with E-state index in [0.717, 1.165) is 20.4 Å². The molecule has 1 amide bonds. The summed E-state index contributed by atoms with van der Waals surface area (Å²) in [6, 6.07) is 26.2. The van der Waals surface area contributed by atoms with Crippen molar-refractivity contribution in [2.45, 2.75) is 13.0 Å². The van der Waals surface area contributed by atoms with E-state index < -0.39 is 10.8 Å². The van der Waals surface area contributed by atoms with Gasteiger partial charge in [-0.2, -0.15) is 5.10 Å². The molecule has 0 spiro atoms. The molecule has 0 unspecified atom stereocenters. The van der Waals surface area contributed by atoms with E-state index >= 15 is 0 Å². The largest absolute Gasteiger partial charge is 0.488 e. The minimum Gasteiger partial charge on any atom is -0.488 e. The number of rotatable bonds is 8. The van der Waals surface area contributed by atoms with Crippen LogP contribution in [0.3, 0.4) is 0 Å². The number of hydrogen-bond acceptors (Lipinski definition) is 5. The van der Waals surface area contributed by atoms with Gasteiger partial charge in [0.1, 0.15) is 12.4 Å². The maximum atomic E-state index is 12.1. The van der Waals surface area contributed by atoms with Crippen LogP contribution in [0, 0.1) is 13.7 Å². The monoisotopic (exact) mass is 565 g/mol. The van der Waals surface area contributed by atoms with Gasteiger partial charge in [0, 0.05) is 11.6 Å². The second-order valence-electron chi connectivity index (χ2n) is 7.52. The molecule has 0 aliphatic heterocycles. The summed E-state index contributed by atoms with van der Waals surface area (Å²) in [6.45, 7) is 0.454. The van der Waals surface area contributed by atoms with E-state index in [9.17, 15) is 14.9 Å². The highest BCUT2D eigenvalue weighted by molar-refractivity contribution is 14.1. The van der Waals surface area contributed by atoms with E-state index in [-0.39, 0.29) is 12.1 Å². The van der Waals surface area contributed by atoms with Crippen molar-refractivity contribution < 1.29 is 14.5 Å². The molecule has 34 heavy (non-hydrogen) atoms. The first-order valence-electron chi connectivity index (χ1n) is 10.4. The van der Waals surface area contributed by atoms with Crippen molar-refractivity contribution in [3.63, 3.8) is 0 Å². The number of hydrogen-bond donors (Lipinski definition) is 1. The van der Waals surface area contributed by atoms with Crippen molar-refractivity contribution in [2.24, 2.45) is 5.10 Å². The van der Waals surface area contributed by atoms with Crippen molar-refractivity contribution in [3.8, 4) is 5.75 Å². The molecule has 0 bridgehead atoms. The van der Waals surface area contributed by atoms with Gasteiger partial charge in [0.25, 0.3) is 5.69 Å². The van der Waals surface area contributed by atoms with Gasteiger partial charge in [0.15, 0.2) is 0 Å². The predicted octanol–water partition coefficient (Wildman–Crippen LogP) is 5.62. The number of carbonyl (C=O) groups excluding carboxylic acids is 1. The molecule has 8 heteroatoms. The molecular formula is C26H20IN3O4. The minimum atomic E-state index is -0.503. The molecule has 0 atom stereocenters. The van der Waals surface area contributed by atoms with Crippen LogP contribution in [0.2, 0.25) is 0 Å². The van der Waals surface area contributed by atoms with Crippen LogP contribution in [0.1, 0.15) is 16.7 Å². The molecule has 0 aliphatic carbocycles. The molecule has 170 valence electrons. The maximum Gasteiger partial charge on any atom is 0.273 e. The van der Waals surface area contributed by atoms with Crippen molar-refractivity contribution in [1.29, 1.82) is 0 Å². The van der Waals surface area contributed by atoms with Gasteiger partial charge in [-0.3, -0.25) is 14.9 Å². The summed E-state index contributed by atoms with van der Waals surface area (Å²) in [5, 5.41) is 17.4. The summed E-state index contributed by atoms with van der Waals surface area (Å²) in [6.07, 6.45) is 1.39. The van der Waals surface area contributed by atoms with E-state index in [2.05, 4.69) is 63.4 Å². The fourth-order valence-corrected chi connectivity index (χ4v) is 4.13. The van der Waals surface area contributed by atoms with Gasteiger partial charge in [-0.15, -0.1) is 0 Å². The van der Waals surface area contributed by atoms with Gasteiger partial charge in [-0.25, -0.2) is 5.43 Å². The third kappa shape index (κ3) is 5.96. The SMILES string of the molecule is O=C(Cc1ccccc1[N+](=O)[O-])N/N=C/c1ccc(OCc2ccc3ccccc3c2)c(I)c1. The zero-order chi connectivity index (χ0) is 23.9. The lowest BCUT2D eigenvalue weighted by atomic mass is 10.1. The molecular weight excluding hydrogens is 545 g/mol. The molecule has 4 aromatic rings. The van der Waals surface area contributed by atoms with Gasteiger partial charge in [-0.1, -0.05) is 54.6 Å². The number of benzene rings is 4. The third-order valence-electron chi connectivity index (χ3n) is 5.11. The topological polar surface area (TPSA) is 93.8 Å². The number of nitrogens with one attached hydrogen (secondary N) is 1. The number of nitro benzene ring substituents is 1. The molecule has 1 N–H and O–H groups in total. The summed E-state index contributed by atoms with van der Waals surface area (Å²) < 4.78 is 6.90. The Hall–Kier alpha value is -3.79. The fraction of sp³-hybridized carbons (Fsp3) is 0.0769. The van der Waals surface area contributed by atoms with Gasteiger partial charge in [0.05, 0.1) is 21.1 Å². The molecule has 0 fully saturated rings. The van der Waals surface area contributed by atoms with E-state index in [1.54, 1.807) is 18.2 Å². The number of ether oxygens (including phenoxy) is 1. The van der Waals surface area contributed by atoms with Gasteiger partial charge in [0.2, 0.25) is 5.91 Å². The fourth-order valence-electron chi connectivity index (χ4n) is 3.43. The third-order valence-corrected chi connectivity index (χ3v) is 5.95. The summed E-state index contributed by atoms with van der Waals surface area (Å²) in [5.74, 6) is 0.321. The summed E-state index contributed by atoms with van der Waals surface area (Å²) >= 11 is 2.19. The second kappa shape index (κ2) is 10.9. The number of para-hydroxylation sites is 1. The Labute approximate surface area is 209 Å². The normalized spacial score (nSPS) is 11.0. The van der Waals surface area contributed by atoms with Gasteiger partial charge >= 0.3 is 0 Å². The number of amides is 1. The highest BCUT2D eigenvalue weighted by Crippen LogP contribution is 2.24. The molecule has 0 saturated carbocycles. The molecule has 0 aliphatic rings. The van der Waals surface area contributed by atoms with Crippen molar-refractivity contribution in [1.82, 2.24) is 5.43 Å². The molecule has 0 radical (unpaired) electrons. The Morgan fingerprint density at radius 2 is 1.76 bits per heavy atom. The number of hydrazone groups is 1. The quantitative estimate of drug-likeness (QED) is 0.130. The second-order valence-corrected chi connectivity index (χ2v) is 8.68. The van der Waals surface area contributed by atoms with Crippen LogP contribution in [0.25, 0.3) is 10.8 Å². The summed E-state index contributed by atoms with van der Waals surface area (Å²) in [7, 11) is 0. The number of nitro groups is 1. The van der Waals surface area contributed by atoms with Crippen LogP contribution in [-0.4, -0.2) is 17.0 Å². The minimum absolute atomic E-state index is 0.0875. The number of nitrogens with zero attached hydrogens (tertiary/aromatic N) is 2. The first-order valence-corrected chi connectivity index (χ1v) is 11.5. The smallest absolute Gasteiger partial charge is 0.273 e. The van der Waals surface area contributed by atoms with Crippen LogP contribution in [-0.2, 0) is 17.8 Å². The Bertz CT molecular complexity index is 1390. The lowest BCUT2D eigenvalue weighted by Gasteiger charge is -2.10. The van der Waals surface area contributed by atoms with Crippen LogP contribution in [0.5, 0.6) is 5.75 Å². The Morgan fingerprint density at radius 3 is 2.56 bits per heavy atom. The number of halogens is 1. The van der Waals surface area contributed by atoms with Crippen LogP contribution >= 0.6 is 22.6 Å². The van der Waals surface area contributed by atoms with Gasteiger partial charge in [-0.05, 0) is 68.8 Å². The first-order chi connectivity index (χ1) is 16.5. The lowest BCUT2D eigenvalue weighted by Crippen LogP contribution is -2.20. The molecule has 0 saturated heterocycles. The Kier molecular flexibility index (Phi) is 7.48. The molecule has 7 nitrogen and oxygen atoms in total. The Morgan fingerprint density at radius 1 is 1.00 bits per heavy atom. The summed E-state index contributed by atoms with van der Waals surface area (Å²) in [4.78, 5) is 22.7. The number of carbonyl (C=O) groups is 1. The van der Waals surface area contributed by atoms with Crippen molar-refractivity contribution >= 4 is 51.2 Å². The van der Waals surface area contributed by atoms with Crippen LogP contribution in [0.4, 0.5) is 5.69 Å². The molecule has 0 aromatic heterocycles. The first kappa shape index (κ1) is 23.4. The number of fused-ring (bicyclic) bond motifs is 1. The predicted molar refractivity (Wildman–Crippen MR) is 140 cm³/mol. The van der Waals surface area contributed by atoms with Crippen LogP contribution in [0.15, 0.2) is 90.0 Å². The highest BCUT2D eigenvalue weighted by atomic mass is 127. The van der Waals surface area contributed by atoms with Crippen molar-refractivity contribution in [2.75, 3.05) is 0 Å². The van der Waals surface area contributed by atoms with Gasteiger partial charge < -0.3 is 4.74 Å². The molecule has 4 rings (SSSR count). The van der Waals surface area contributed by atoms with E-state index in [1.807, 2.05) is 30.3 Å². The zero-order valence-electron chi connectivity index (χ0n) is 18.0. The lowest BCUT2D eigenvalue weighted by molar-refractivity contribution is -0.385. The average Bonchev–Trinajstić information content (AvgIpc) is 2.83. The zero-order valence-corrected chi connectivity index (χ0v) is 20.1. The van der Waals surface area contributed by atoms with Crippen LogP contribution < -0.4 is 10.2 Å². The average molecular weight is 565 g/mol. The summed E-state index contributed by atoms with van der Waals surface area (Å²) in [5.41, 5.74) is 4.53. The Balaban J connectivity index is 1.33. The van der Waals surface area contributed by atoms with E-state index in [4.69, 9.17) is 4.74 Å². The standard InChI is InChI=1S/C26H20IN3O4/c27-23-14-18(16-28-29-26(31)15-22-7-3-4-8-24(22)30(32)33)10-12-25(23)34-17-19-9-11-20-5-1-2-6-21(20)13-19/h1-14,16H,15,17H2,(H,29,31)/b28-16+. The maximum absolute atomic E-state index is 12.1. The highest BCUT2D eigenvalue weighted by Gasteiger charge is 2.15. The molecule has 0 heterocycles. The van der Waals surface area contributed by atoms with E-state index in [1.165, 1.54) is 23.1 Å². The molecule has 4 aromatic carbocycles.